The van der Waals surface area contributed by atoms with Gasteiger partial charge in [-0.3, -0.25) is 0 Å². The van der Waals surface area contributed by atoms with E-state index < -0.39 is 35.7 Å². The van der Waals surface area contributed by atoms with Crippen LogP contribution in [0.2, 0.25) is 0 Å². The van der Waals surface area contributed by atoms with E-state index in [1.807, 2.05) is 48.5 Å². The van der Waals surface area contributed by atoms with E-state index in [4.69, 9.17) is 0 Å². The second kappa shape index (κ2) is 15.5. The molecule has 0 amide bonds. The number of carbonyl (C=O) groups is 4. The van der Waals surface area contributed by atoms with Crippen LogP contribution in [0.25, 0.3) is 0 Å². The van der Waals surface area contributed by atoms with Crippen molar-refractivity contribution in [2.75, 3.05) is 0 Å². The van der Waals surface area contributed by atoms with Crippen LogP contribution in [0.1, 0.15) is 109 Å². The lowest BCUT2D eigenvalue weighted by atomic mass is 9.80. The normalized spacial score (nSPS) is 11.3. The minimum Gasteiger partial charge on any atom is -0.478 e. The number of benzene rings is 5. The summed E-state index contributed by atoms with van der Waals surface area (Å²) in [7, 11) is 0. The third-order valence-corrected chi connectivity index (χ3v) is 11.5. The minimum absolute atomic E-state index is 0.144. The van der Waals surface area contributed by atoms with Crippen molar-refractivity contribution in [1.29, 1.82) is 0 Å². The monoisotopic (exact) mass is 954 g/mol. The molecule has 12 heteroatoms. The molecule has 0 radical (unpaired) electrons. The molecule has 0 aromatic heterocycles. The highest BCUT2D eigenvalue weighted by Gasteiger charge is 2.27. The molecule has 0 aliphatic carbocycles. The Hall–Kier alpha value is -4.10. The zero-order valence-electron chi connectivity index (χ0n) is 28.0. The highest BCUT2D eigenvalue weighted by Crippen LogP contribution is 2.41. The van der Waals surface area contributed by atoms with Crippen LogP contribution < -0.4 is 0 Å². The van der Waals surface area contributed by atoms with E-state index >= 15 is 0 Å². The molecule has 0 fully saturated rings. The topological polar surface area (TPSA) is 149 Å². The molecule has 5 rings (SSSR count). The van der Waals surface area contributed by atoms with Gasteiger partial charge in [-0.05, 0) is 171 Å². The fourth-order valence-electron chi connectivity index (χ4n) is 6.87. The molecule has 0 heterocycles. The van der Waals surface area contributed by atoms with Crippen LogP contribution in [0, 0.1) is 27.7 Å². The molecule has 52 heavy (non-hydrogen) atoms. The van der Waals surface area contributed by atoms with Gasteiger partial charge >= 0.3 is 23.9 Å². The number of hydrogen-bond acceptors (Lipinski definition) is 4. The molecule has 5 aromatic carbocycles. The fraction of sp³-hybridized carbons (Fsp3) is 0.150. The zero-order chi connectivity index (χ0) is 38.3. The summed E-state index contributed by atoms with van der Waals surface area (Å²) in [6.45, 7) is 6.90. The van der Waals surface area contributed by atoms with Crippen LogP contribution in [-0.4, -0.2) is 44.3 Å². The Bertz CT molecular complexity index is 1920. The van der Waals surface area contributed by atoms with Crippen molar-refractivity contribution in [3.05, 3.63) is 169 Å². The Morgan fingerprint density at radius 3 is 0.731 bits per heavy atom. The molecular formula is C40H30Br4O8. The molecule has 4 N–H and O–H groups in total. The largest absolute Gasteiger partial charge is 0.478 e. The van der Waals surface area contributed by atoms with Crippen LogP contribution in [0.4, 0.5) is 0 Å². The number of aryl methyl sites for hydroxylation is 4. The average molecular weight is 958 g/mol. The summed E-state index contributed by atoms with van der Waals surface area (Å²) >= 11 is 13.8. The predicted molar refractivity (Wildman–Crippen MR) is 212 cm³/mol. The third kappa shape index (κ3) is 7.66. The van der Waals surface area contributed by atoms with Crippen LogP contribution in [0.3, 0.4) is 0 Å². The first-order valence-corrected chi connectivity index (χ1v) is 18.8. The number of halogens is 4. The number of hydrogen-bond donors (Lipinski definition) is 4. The Morgan fingerprint density at radius 2 is 0.577 bits per heavy atom. The van der Waals surface area contributed by atoms with Crippen molar-refractivity contribution in [3.8, 4) is 0 Å². The molecule has 8 nitrogen and oxygen atoms in total. The van der Waals surface area contributed by atoms with Gasteiger partial charge in [-0.25, -0.2) is 19.2 Å². The van der Waals surface area contributed by atoms with E-state index in [1.54, 1.807) is 52.0 Å². The molecule has 0 bridgehead atoms. The first-order valence-electron chi connectivity index (χ1n) is 15.6. The van der Waals surface area contributed by atoms with Gasteiger partial charge in [0.2, 0.25) is 0 Å². The number of aromatic carboxylic acids is 4. The molecule has 0 aliphatic rings. The Balaban J connectivity index is 1.74. The van der Waals surface area contributed by atoms with Gasteiger partial charge in [0.25, 0.3) is 0 Å². The summed E-state index contributed by atoms with van der Waals surface area (Å²) < 4.78 is 1.63. The van der Waals surface area contributed by atoms with Gasteiger partial charge < -0.3 is 20.4 Å². The lowest BCUT2D eigenvalue weighted by molar-refractivity contribution is 0.0684. The van der Waals surface area contributed by atoms with Gasteiger partial charge in [0.15, 0.2) is 0 Å². The van der Waals surface area contributed by atoms with Gasteiger partial charge in [0.05, 0.1) is 22.3 Å². The molecule has 0 aliphatic heterocycles. The molecule has 5 aromatic rings. The maximum absolute atomic E-state index is 12.0. The second-order valence-corrected chi connectivity index (χ2v) is 15.9. The van der Waals surface area contributed by atoms with Gasteiger partial charge in [-0.1, -0.05) is 48.5 Å². The quantitative estimate of drug-likeness (QED) is 0.101. The average Bonchev–Trinajstić information content (AvgIpc) is 3.00. The van der Waals surface area contributed by atoms with E-state index in [0.29, 0.717) is 40.1 Å². The van der Waals surface area contributed by atoms with Gasteiger partial charge in [-0.2, -0.15) is 0 Å². The highest BCUT2D eigenvalue weighted by molar-refractivity contribution is 9.11. The van der Waals surface area contributed by atoms with Crippen molar-refractivity contribution < 1.29 is 39.6 Å². The van der Waals surface area contributed by atoms with Crippen molar-refractivity contribution in [3.63, 3.8) is 0 Å². The Morgan fingerprint density at radius 1 is 0.385 bits per heavy atom. The molecule has 0 unspecified atom stereocenters. The van der Waals surface area contributed by atoms with Crippen molar-refractivity contribution in [1.82, 2.24) is 0 Å². The lowest BCUT2D eigenvalue weighted by Gasteiger charge is -2.25. The maximum atomic E-state index is 12.0. The molecule has 0 saturated heterocycles. The number of rotatable bonds is 10. The summed E-state index contributed by atoms with van der Waals surface area (Å²) in [5.41, 5.74) is 7.56. The van der Waals surface area contributed by atoms with E-state index in [0.717, 1.165) is 33.4 Å². The fourth-order valence-corrected chi connectivity index (χ4v) is 9.85. The van der Waals surface area contributed by atoms with E-state index in [2.05, 4.69) is 63.7 Å². The highest BCUT2D eigenvalue weighted by atomic mass is 79.9. The summed E-state index contributed by atoms with van der Waals surface area (Å²) in [5, 5.41) is 39.3. The molecule has 0 spiro atoms. The van der Waals surface area contributed by atoms with Gasteiger partial charge in [0.1, 0.15) is 0 Å². The van der Waals surface area contributed by atoms with Crippen LogP contribution >= 0.6 is 63.7 Å². The maximum Gasteiger partial charge on any atom is 0.337 e. The molecule has 0 saturated carbocycles. The summed E-state index contributed by atoms with van der Waals surface area (Å²) in [5.74, 6) is -5.15. The summed E-state index contributed by atoms with van der Waals surface area (Å²) in [4.78, 5) is 48.1. The van der Waals surface area contributed by atoms with Crippen LogP contribution in [0.5, 0.6) is 0 Å². The Labute approximate surface area is 333 Å². The van der Waals surface area contributed by atoms with Gasteiger partial charge in [0, 0.05) is 29.7 Å². The minimum atomic E-state index is -1.07. The standard InChI is InChI=1S/C40H30Br4O8/c1-17-9-23(13-27(41)31(17)37(45)46)35(24-10-18(2)32(38(47)48)28(42)14-24)21-5-7-22(8-6-21)36(25-11-19(3)33(39(49)50)29(43)15-25)26-12-20(4)34(40(51)52)30(44)16-26/h5-16,35-36H,1-4H3,(H,45,46)(H,47,48)(H,49,50)(H,51,52). The predicted octanol–water partition coefficient (Wildman–Crippen LogP) is 11.1. The molecule has 266 valence electrons. The summed E-state index contributed by atoms with van der Waals surface area (Å²) in [6, 6.07) is 22.2. The first kappa shape index (κ1) is 39.1. The van der Waals surface area contributed by atoms with E-state index in [-0.39, 0.29) is 22.3 Å². The Kier molecular flexibility index (Phi) is 11.6. The van der Waals surface area contributed by atoms with Crippen LogP contribution in [-0.2, 0) is 0 Å². The third-order valence-electron chi connectivity index (χ3n) is 9.03. The lowest BCUT2D eigenvalue weighted by Crippen LogP contribution is -2.11. The second-order valence-electron chi connectivity index (χ2n) is 12.5. The number of carboxylic acids is 4. The molecular weight excluding hydrogens is 928 g/mol. The smallest absolute Gasteiger partial charge is 0.337 e. The van der Waals surface area contributed by atoms with Crippen molar-refractivity contribution >= 4 is 87.6 Å². The van der Waals surface area contributed by atoms with Gasteiger partial charge in [-0.15, -0.1) is 0 Å². The van der Waals surface area contributed by atoms with E-state index in [1.165, 1.54) is 0 Å². The van der Waals surface area contributed by atoms with Crippen molar-refractivity contribution in [2.45, 2.75) is 39.5 Å². The zero-order valence-corrected chi connectivity index (χ0v) is 34.4. The first-order chi connectivity index (χ1) is 24.4. The van der Waals surface area contributed by atoms with E-state index in [9.17, 15) is 39.6 Å². The SMILES string of the molecule is Cc1cc(C(c2ccc(C(c3cc(C)c(C(=O)O)c(Br)c3)c3cc(C)c(C(=O)O)c(Br)c3)cc2)c2cc(C)c(C(=O)O)c(Br)c2)cc(Br)c1C(=O)O. The van der Waals surface area contributed by atoms with Crippen LogP contribution in [0.15, 0.2) is 90.7 Å². The summed E-state index contributed by atoms with van der Waals surface area (Å²) in [6.07, 6.45) is 0. The number of carboxylic acid groups (broad SMARTS) is 4. The molecule has 0 atom stereocenters. The van der Waals surface area contributed by atoms with Crippen molar-refractivity contribution in [2.24, 2.45) is 0 Å².